The minimum Gasteiger partial charge on any atom is -0.298 e. The molecule has 2 aromatic rings. The van der Waals surface area contributed by atoms with Gasteiger partial charge in [0.05, 0.1) is 0 Å². The number of hydrogen-bond donors (Lipinski definition) is 0. The Balaban J connectivity index is 2.71. The molecule has 1 nitrogen and oxygen atoms in total. The summed E-state index contributed by atoms with van der Waals surface area (Å²) < 4.78 is 0. The SMILES string of the molecule is Cc1cccc(-c2cc(Cl)ccc2C=O)c1C. The fraction of sp³-hybridized carbons (Fsp3) is 0.133. The van der Waals surface area contributed by atoms with Crippen LogP contribution in [0.5, 0.6) is 0 Å². The Morgan fingerprint density at radius 1 is 1.06 bits per heavy atom. The summed E-state index contributed by atoms with van der Waals surface area (Å²) in [6, 6.07) is 11.4. The number of carbonyl (C=O) groups excluding carboxylic acids is 1. The van der Waals surface area contributed by atoms with Crippen LogP contribution in [0.15, 0.2) is 36.4 Å². The predicted molar refractivity (Wildman–Crippen MR) is 71.7 cm³/mol. The Labute approximate surface area is 106 Å². The van der Waals surface area contributed by atoms with Crippen LogP contribution >= 0.6 is 11.6 Å². The third-order valence-electron chi connectivity index (χ3n) is 3.04. The van der Waals surface area contributed by atoms with Gasteiger partial charge in [-0.05, 0) is 54.3 Å². The third kappa shape index (κ3) is 2.25. The molecule has 2 rings (SSSR count). The van der Waals surface area contributed by atoms with Crippen molar-refractivity contribution in [1.82, 2.24) is 0 Å². The zero-order valence-electron chi connectivity index (χ0n) is 9.83. The van der Waals surface area contributed by atoms with Gasteiger partial charge in [-0.25, -0.2) is 0 Å². The molecule has 0 saturated carbocycles. The first kappa shape index (κ1) is 11.9. The molecular formula is C15H13ClO. The van der Waals surface area contributed by atoms with Gasteiger partial charge in [0, 0.05) is 10.6 Å². The third-order valence-corrected chi connectivity index (χ3v) is 3.27. The number of rotatable bonds is 2. The van der Waals surface area contributed by atoms with Crippen molar-refractivity contribution < 1.29 is 4.79 Å². The van der Waals surface area contributed by atoms with Gasteiger partial charge in [-0.3, -0.25) is 4.79 Å². The van der Waals surface area contributed by atoms with Crippen molar-refractivity contribution in [2.75, 3.05) is 0 Å². The average molecular weight is 245 g/mol. The molecule has 0 saturated heterocycles. The van der Waals surface area contributed by atoms with Crippen LogP contribution in [0, 0.1) is 13.8 Å². The second-order valence-electron chi connectivity index (χ2n) is 4.10. The molecule has 86 valence electrons. The summed E-state index contributed by atoms with van der Waals surface area (Å²) in [7, 11) is 0. The standard InChI is InChI=1S/C15H13ClO/c1-10-4-3-5-14(11(10)2)15-8-13(16)7-6-12(15)9-17/h3-9H,1-2H3. The molecule has 2 aromatic carbocycles. The van der Waals surface area contributed by atoms with Crippen LogP contribution in [0.2, 0.25) is 5.02 Å². The molecule has 0 N–H and O–H groups in total. The van der Waals surface area contributed by atoms with Gasteiger partial charge in [0.2, 0.25) is 0 Å². The van der Waals surface area contributed by atoms with Gasteiger partial charge in [0.15, 0.2) is 6.29 Å². The highest BCUT2D eigenvalue weighted by molar-refractivity contribution is 6.31. The van der Waals surface area contributed by atoms with Gasteiger partial charge in [-0.15, -0.1) is 0 Å². The summed E-state index contributed by atoms with van der Waals surface area (Å²) in [5.74, 6) is 0. The van der Waals surface area contributed by atoms with Crippen LogP contribution in [0.25, 0.3) is 11.1 Å². The second kappa shape index (κ2) is 4.72. The highest BCUT2D eigenvalue weighted by Crippen LogP contribution is 2.30. The van der Waals surface area contributed by atoms with E-state index >= 15 is 0 Å². The molecule has 0 aliphatic heterocycles. The molecule has 0 spiro atoms. The van der Waals surface area contributed by atoms with Crippen molar-refractivity contribution in [2.24, 2.45) is 0 Å². The lowest BCUT2D eigenvalue weighted by Crippen LogP contribution is -1.92. The number of aryl methyl sites for hydroxylation is 1. The van der Waals surface area contributed by atoms with Crippen molar-refractivity contribution in [2.45, 2.75) is 13.8 Å². The maximum Gasteiger partial charge on any atom is 0.150 e. The monoisotopic (exact) mass is 244 g/mol. The van der Waals surface area contributed by atoms with E-state index in [1.54, 1.807) is 12.1 Å². The van der Waals surface area contributed by atoms with Crippen molar-refractivity contribution >= 4 is 17.9 Å². The Morgan fingerprint density at radius 2 is 1.82 bits per heavy atom. The Hall–Kier alpha value is -1.60. The van der Waals surface area contributed by atoms with E-state index in [0.29, 0.717) is 10.6 Å². The maximum absolute atomic E-state index is 11.1. The highest BCUT2D eigenvalue weighted by Gasteiger charge is 2.08. The number of hydrogen-bond acceptors (Lipinski definition) is 1. The van der Waals surface area contributed by atoms with Crippen LogP contribution in [-0.2, 0) is 0 Å². The zero-order chi connectivity index (χ0) is 12.4. The first-order chi connectivity index (χ1) is 8.13. The largest absolute Gasteiger partial charge is 0.298 e. The molecule has 0 aliphatic rings. The van der Waals surface area contributed by atoms with Crippen molar-refractivity contribution in [3.8, 4) is 11.1 Å². The average Bonchev–Trinajstić information content (AvgIpc) is 2.33. The molecule has 0 bridgehead atoms. The highest BCUT2D eigenvalue weighted by atomic mass is 35.5. The number of benzene rings is 2. The summed E-state index contributed by atoms with van der Waals surface area (Å²) in [5, 5.41) is 0.645. The molecule has 0 unspecified atom stereocenters. The Morgan fingerprint density at radius 3 is 2.53 bits per heavy atom. The summed E-state index contributed by atoms with van der Waals surface area (Å²) in [6.07, 6.45) is 0.868. The molecule has 0 aliphatic carbocycles. The summed E-state index contributed by atoms with van der Waals surface area (Å²) in [5.41, 5.74) is 5.02. The lowest BCUT2D eigenvalue weighted by Gasteiger charge is -2.11. The van der Waals surface area contributed by atoms with Crippen LogP contribution in [0.4, 0.5) is 0 Å². The van der Waals surface area contributed by atoms with Gasteiger partial charge >= 0.3 is 0 Å². The predicted octanol–water partition coefficient (Wildman–Crippen LogP) is 4.44. The van der Waals surface area contributed by atoms with E-state index in [2.05, 4.69) is 19.9 Å². The molecule has 0 radical (unpaired) electrons. The summed E-state index contributed by atoms with van der Waals surface area (Å²) in [6.45, 7) is 4.12. The molecule has 0 aromatic heterocycles. The van der Waals surface area contributed by atoms with Crippen LogP contribution in [0.1, 0.15) is 21.5 Å². The normalized spacial score (nSPS) is 10.3. The van der Waals surface area contributed by atoms with E-state index in [1.807, 2.05) is 18.2 Å². The van der Waals surface area contributed by atoms with E-state index in [0.717, 1.165) is 17.4 Å². The molecule has 17 heavy (non-hydrogen) atoms. The molecule has 0 heterocycles. The molecule has 2 heteroatoms. The van der Waals surface area contributed by atoms with E-state index in [1.165, 1.54) is 11.1 Å². The molecule has 0 amide bonds. The quantitative estimate of drug-likeness (QED) is 0.714. The zero-order valence-corrected chi connectivity index (χ0v) is 10.6. The van der Waals surface area contributed by atoms with Gasteiger partial charge in [-0.1, -0.05) is 29.8 Å². The van der Waals surface area contributed by atoms with E-state index < -0.39 is 0 Å². The minimum absolute atomic E-state index is 0.645. The van der Waals surface area contributed by atoms with Gasteiger partial charge in [0.25, 0.3) is 0 Å². The topological polar surface area (TPSA) is 17.1 Å². The van der Waals surface area contributed by atoms with Crippen molar-refractivity contribution in [1.29, 1.82) is 0 Å². The molecular weight excluding hydrogens is 232 g/mol. The van der Waals surface area contributed by atoms with Crippen molar-refractivity contribution in [3.63, 3.8) is 0 Å². The number of aldehydes is 1. The van der Waals surface area contributed by atoms with Gasteiger partial charge < -0.3 is 0 Å². The number of halogens is 1. The summed E-state index contributed by atoms with van der Waals surface area (Å²) >= 11 is 6.00. The fourth-order valence-corrected chi connectivity index (χ4v) is 2.08. The van der Waals surface area contributed by atoms with Crippen LogP contribution < -0.4 is 0 Å². The minimum atomic E-state index is 0.645. The van der Waals surface area contributed by atoms with E-state index in [9.17, 15) is 4.79 Å². The first-order valence-corrected chi connectivity index (χ1v) is 5.82. The second-order valence-corrected chi connectivity index (χ2v) is 4.53. The lowest BCUT2D eigenvalue weighted by molar-refractivity contribution is 0.112. The Kier molecular flexibility index (Phi) is 3.30. The molecule has 0 fully saturated rings. The fourth-order valence-electron chi connectivity index (χ4n) is 1.91. The van der Waals surface area contributed by atoms with Crippen LogP contribution in [0.3, 0.4) is 0 Å². The Bertz CT molecular complexity index is 573. The number of carbonyl (C=O) groups is 1. The van der Waals surface area contributed by atoms with E-state index in [-0.39, 0.29) is 0 Å². The van der Waals surface area contributed by atoms with Crippen LogP contribution in [-0.4, -0.2) is 6.29 Å². The van der Waals surface area contributed by atoms with Crippen molar-refractivity contribution in [3.05, 3.63) is 58.1 Å². The first-order valence-electron chi connectivity index (χ1n) is 5.45. The summed E-state index contributed by atoms with van der Waals surface area (Å²) in [4.78, 5) is 11.1. The van der Waals surface area contributed by atoms with Gasteiger partial charge in [0.1, 0.15) is 0 Å². The van der Waals surface area contributed by atoms with Gasteiger partial charge in [-0.2, -0.15) is 0 Å². The molecule has 0 atom stereocenters. The maximum atomic E-state index is 11.1. The van der Waals surface area contributed by atoms with E-state index in [4.69, 9.17) is 11.6 Å². The lowest BCUT2D eigenvalue weighted by atomic mass is 9.94. The smallest absolute Gasteiger partial charge is 0.150 e.